The Labute approximate surface area is 230 Å². The number of nitriles is 1. The van der Waals surface area contributed by atoms with E-state index in [0.717, 1.165) is 11.1 Å². The molecule has 0 spiro atoms. The van der Waals surface area contributed by atoms with Gasteiger partial charge in [0.2, 0.25) is 5.91 Å². The van der Waals surface area contributed by atoms with Gasteiger partial charge in [-0.2, -0.15) is 5.26 Å². The van der Waals surface area contributed by atoms with E-state index in [2.05, 4.69) is 27.3 Å². The molecule has 194 valence electrons. The van der Waals surface area contributed by atoms with Crippen LogP contribution in [0.4, 0.5) is 0 Å². The van der Waals surface area contributed by atoms with Gasteiger partial charge in [-0.05, 0) is 58.2 Å². The molecule has 4 unspecified atom stereocenters. The molecule has 0 saturated carbocycles. The number of hydrogen-bond donors (Lipinski definition) is 1. The number of nitrogens with zero attached hydrogens (tertiary/aromatic N) is 2. The van der Waals surface area contributed by atoms with Crippen molar-refractivity contribution in [2.24, 2.45) is 11.8 Å². The van der Waals surface area contributed by atoms with E-state index in [9.17, 15) is 19.6 Å². The van der Waals surface area contributed by atoms with Gasteiger partial charge in [-0.25, -0.2) is 0 Å². The number of carbonyl (C=O) groups is 3. The third kappa shape index (κ3) is 5.34. The van der Waals surface area contributed by atoms with Gasteiger partial charge in [0, 0.05) is 16.9 Å². The van der Waals surface area contributed by atoms with Crippen LogP contribution in [0.2, 0.25) is 0 Å². The monoisotopic (exact) mass is 573 g/mol. The standard InChI is InChI=1S/C30H28BrN3O4/c1-18-8-10-21(11-9-18)17-33-28(35)26-19(2)25(30(37)38-3)27(22-14-12-20(16-32)13-15-22)34(26)29(36)23-6-4-5-7-24(23)31/h4-15,19,25-27H,17H2,1-3H3,(H,33,35). The lowest BCUT2D eigenvalue weighted by atomic mass is 9.85. The number of nitrogens with one attached hydrogen (secondary N) is 1. The van der Waals surface area contributed by atoms with Crippen molar-refractivity contribution in [1.82, 2.24) is 10.2 Å². The number of aryl methyl sites for hydroxylation is 1. The number of amides is 2. The summed E-state index contributed by atoms with van der Waals surface area (Å²) in [6, 6.07) is 21.9. The fraction of sp³-hybridized carbons (Fsp3) is 0.267. The zero-order valence-corrected chi connectivity index (χ0v) is 22.9. The van der Waals surface area contributed by atoms with Gasteiger partial charge >= 0.3 is 5.97 Å². The molecule has 4 atom stereocenters. The van der Waals surface area contributed by atoms with Gasteiger partial charge in [0.05, 0.1) is 36.3 Å². The SMILES string of the molecule is COC(=O)C1C(C)C(C(=O)NCc2ccc(C)cc2)N(C(=O)c2ccccc2Br)C1c1ccc(C#N)cc1. The van der Waals surface area contributed by atoms with Gasteiger partial charge < -0.3 is 15.0 Å². The summed E-state index contributed by atoms with van der Waals surface area (Å²) in [6.07, 6.45) is 0. The minimum atomic E-state index is -0.940. The summed E-state index contributed by atoms with van der Waals surface area (Å²) in [5, 5.41) is 12.2. The fourth-order valence-electron chi connectivity index (χ4n) is 5.08. The van der Waals surface area contributed by atoms with Gasteiger partial charge in [-0.3, -0.25) is 14.4 Å². The van der Waals surface area contributed by atoms with E-state index >= 15 is 0 Å². The second-order valence-electron chi connectivity index (χ2n) is 9.43. The van der Waals surface area contributed by atoms with E-state index in [0.29, 0.717) is 21.2 Å². The maximum atomic E-state index is 14.1. The van der Waals surface area contributed by atoms with E-state index in [1.54, 1.807) is 55.5 Å². The summed E-state index contributed by atoms with van der Waals surface area (Å²) in [4.78, 5) is 42.5. The van der Waals surface area contributed by atoms with Crippen molar-refractivity contribution in [2.75, 3.05) is 7.11 Å². The Kier molecular flexibility index (Phi) is 8.28. The highest BCUT2D eigenvalue weighted by Crippen LogP contribution is 2.46. The number of hydrogen-bond acceptors (Lipinski definition) is 5. The lowest BCUT2D eigenvalue weighted by Gasteiger charge is -2.31. The molecule has 1 heterocycles. The molecule has 2 amide bonds. The van der Waals surface area contributed by atoms with Crippen LogP contribution in [-0.2, 0) is 20.9 Å². The molecule has 7 nitrogen and oxygen atoms in total. The summed E-state index contributed by atoms with van der Waals surface area (Å²) in [6.45, 7) is 4.06. The van der Waals surface area contributed by atoms with Crippen LogP contribution in [0.25, 0.3) is 0 Å². The molecule has 3 aromatic carbocycles. The number of benzene rings is 3. The van der Waals surface area contributed by atoms with Crippen molar-refractivity contribution in [3.63, 3.8) is 0 Å². The average molecular weight is 574 g/mol. The molecule has 1 fully saturated rings. The molecule has 1 saturated heterocycles. The first-order valence-electron chi connectivity index (χ1n) is 12.2. The van der Waals surface area contributed by atoms with Crippen molar-refractivity contribution >= 4 is 33.7 Å². The maximum Gasteiger partial charge on any atom is 0.311 e. The number of carbonyl (C=O) groups excluding carboxylic acids is 3. The number of esters is 1. The minimum Gasteiger partial charge on any atom is -0.469 e. The fourth-order valence-corrected chi connectivity index (χ4v) is 5.53. The highest BCUT2D eigenvalue weighted by molar-refractivity contribution is 9.10. The molecule has 1 aliphatic heterocycles. The molecule has 8 heteroatoms. The highest BCUT2D eigenvalue weighted by Gasteiger charge is 2.55. The summed E-state index contributed by atoms with van der Waals surface area (Å²) in [5.41, 5.74) is 3.50. The van der Waals surface area contributed by atoms with Crippen LogP contribution < -0.4 is 5.32 Å². The van der Waals surface area contributed by atoms with Crippen LogP contribution in [0.5, 0.6) is 0 Å². The van der Waals surface area contributed by atoms with Crippen LogP contribution in [-0.4, -0.2) is 35.8 Å². The van der Waals surface area contributed by atoms with Crippen molar-refractivity contribution in [1.29, 1.82) is 5.26 Å². The molecular formula is C30H28BrN3O4. The second-order valence-corrected chi connectivity index (χ2v) is 10.3. The quantitative estimate of drug-likeness (QED) is 0.421. The second kappa shape index (κ2) is 11.6. The molecule has 0 aliphatic carbocycles. The summed E-state index contributed by atoms with van der Waals surface area (Å²) < 4.78 is 5.74. The average Bonchev–Trinajstić information content (AvgIpc) is 3.24. The lowest BCUT2D eigenvalue weighted by molar-refractivity contribution is -0.147. The van der Waals surface area contributed by atoms with Crippen LogP contribution in [0, 0.1) is 30.1 Å². The number of likely N-dealkylation sites (tertiary alicyclic amines) is 1. The molecule has 0 radical (unpaired) electrons. The number of ether oxygens (including phenoxy) is 1. The van der Waals surface area contributed by atoms with Crippen LogP contribution >= 0.6 is 15.9 Å². The van der Waals surface area contributed by atoms with E-state index in [4.69, 9.17) is 4.74 Å². The zero-order valence-electron chi connectivity index (χ0n) is 21.4. The molecular weight excluding hydrogens is 546 g/mol. The number of methoxy groups -OCH3 is 1. The Hall–Kier alpha value is -3.96. The minimum absolute atomic E-state index is 0.282. The van der Waals surface area contributed by atoms with Gasteiger partial charge in [-0.1, -0.05) is 61.0 Å². The van der Waals surface area contributed by atoms with E-state index in [-0.39, 0.29) is 18.4 Å². The van der Waals surface area contributed by atoms with Crippen molar-refractivity contribution in [3.8, 4) is 6.07 Å². The first-order chi connectivity index (χ1) is 18.3. The Balaban J connectivity index is 1.79. The van der Waals surface area contributed by atoms with E-state index in [1.165, 1.54) is 12.0 Å². The topological polar surface area (TPSA) is 99.5 Å². The summed E-state index contributed by atoms with van der Waals surface area (Å²) in [7, 11) is 1.30. The number of halogens is 1. The van der Waals surface area contributed by atoms with Crippen LogP contribution in [0.3, 0.4) is 0 Å². The Morgan fingerprint density at radius 1 is 1.03 bits per heavy atom. The predicted octanol–water partition coefficient (Wildman–Crippen LogP) is 4.94. The van der Waals surface area contributed by atoms with Gasteiger partial charge in [0.1, 0.15) is 6.04 Å². The van der Waals surface area contributed by atoms with Gasteiger partial charge in [0.25, 0.3) is 5.91 Å². The molecule has 1 N–H and O–H groups in total. The lowest BCUT2D eigenvalue weighted by Crippen LogP contribution is -2.48. The predicted molar refractivity (Wildman–Crippen MR) is 146 cm³/mol. The third-order valence-electron chi connectivity index (χ3n) is 7.05. The largest absolute Gasteiger partial charge is 0.469 e. The molecule has 38 heavy (non-hydrogen) atoms. The molecule has 4 rings (SSSR count). The zero-order chi connectivity index (χ0) is 27.4. The van der Waals surface area contributed by atoms with Crippen LogP contribution in [0.1, 0.15) is 45.6 Å². The van der Waals surface area contributed by atoms with Gasteiger partial charge in [0.15, 0.2) is 0 Å². The molecule has 3 aromatic rings. The first-order valence-corrected chi connectivity index (χ1v) is 13.0. The van der Waals surface area contributed by atoms with Crippen molar-refractivity contribution < 1.29 is 19.1 Å². The number of rotatable bonds is 6. The van der Waals surface area contributed by atoms with E-state index in [1.807, 2.05) is 31.2 Å². The Bertz CT molecular complexity index is 1380. The smallest absolute Gasteiger partial charge is 0.311 e. The Morgan fingerprint density at radius 3 is 2.29 bits per heavy atom. The maximum absolute atomic E-state index is 14.1. The van der Waals surface area contributed by atoms with Crippen molar-refractivity contribution in [2.45, 2.75) is 32.5 Å². The highest BCUT2D eigenvalue weighted by atomic mass is 79.9. The van der Waals surface area contributed by atoms with Crippen LogP contribution in [0.15, 0.2) is 77.3 Å². The Morgan fingerprint density at radius 2 is 1.68 bits per heavy atom. The summed E-state index contributed by atoms with van der Waals surface area (Å²) in [5.74, 6) is -2.60. The molecule has 1 aliphatic rings. The van der Waals surface area contributed by atoms with Crippen molar-refractivity contribution in [3.05, 3.63) is 105 Å². The van der Waals surface area contributed by atoms with Gasteiger partial charge in [-0.15, -0.1) is 0 Å². The summed E-state index contributed by atoms with van der Waals surface area (Å²) >= 11 is 3.46. The molecule has 0 bridgehead atoms. The third-order valence-corrected chi connectivity index (χ3v) is 7.74. The normalized spacial score (nSPS) is 20.4. The molecule has 0 aromatic heterocycles. The first kappa shape index (κ1) is 27.1. The van der Waals surface area contributed by atoms with E-state index < -0.39 is 29.9 Å².